The minimum atomic E-state index is -3.61. The Bertz CT molecular complexity index is 929. The van der Waals surface area contributed by atoms with Gasteiger partial charge in [-0.3, -0.25) is 9.59 Å². The van der Waals surface area contributed by atoms with Gasteiger partial charge in [-0.25, -0.2) is 8.42 Å². The van der Waals surface area contributed by atoms with E-state index < -0.39 is 34.4 Å². The smallest absolute Gasteiger partial charge is 0.310 e. The first kappa shape index (κ1) is 20.8. The first-order chi connectivity index (χ1) is 13.4. The van der Waals surface area contributed by atoms with E-state index in [2.05, 4.69) is 5.32 Å². The Labute approximate surface area is 172 Å². The summed E-state index contributed by atoms with van der Waals surface area (Å²) < 4.78 is 31.9. The number of piperidine rings is 1. The molecule has 0 bridgehead atoms. The number of sulfonamides is 1. The van der Waals surface area contributed by atoms with Crippen LogP contribution in [0.25, 0.3) is 0 Å². The molecule has 0 aliphatic carbocycles. The molecule has 1 N–H and O–H groups in total. The topological polar surface area (TPSA) is 92.8 Å². The van der Waals surface area contributed by atoms with Gasteiger partial charge in [0.1, 0.15) is 4.21 Å². The molecule has 1 fully saturated rings. The molecule has 2 aromatic rings. The lowest BCUT2D eigenvalue weighted by atomic mass is 10.00. The monoisotopic (exact) mass is 442 g/mol. The summed E-state index contributed by atoms with van der Waals surface area (Å²) >= 11 is 6.93. The van der Waals surface area contributed by atoms with Crippen LogP contribution in [0.2, 0.25) is 5.02 Å². The number of esters is 1. The maximum atomic E-state index is 12.6. The van der Waals surface area contributed by atoms with Gasteiger partial charge in [-0.2, -0.15) is 4.31 Å². The van der Waals surface area contributed by atoms with Gasteiger partial charge in [0.25, 0.3) is 15.9 Å². The van der Waals surface area contributed by atoms with E-state index in [1.807, 2.05) is 0 Å². The van der Waals surface area contributed by atoms with Crippen molar-refractivity contribution in [2.45, 2.75) is 17.1 Å². The van der Waals surface area contributed by atoms with Crippen LogP contribution in [0.3, 0.4) is 0 Å². The molecule has 0 radical (unpaired) electrons. The van der Waals surface area contributed by atoms with Crippen LogP contribution in [0, 0.1) is 5.92 Å². The van der Waals surface area contributed by atoms with Crippen LogP contribution in [-0.2, 0) is 24.3 Å². The lowest BCUT2D eigenvalue weighted by Gasteiger charge is -2.30. The van der Waals surface area contributed by atoms with Crippen molar-refractivity contribution in [1.29, 1.82) is 0 Å². The third-order valence-corrected chi connectivity index (χ3v) is 7.77. The fourth-order valence-electron chi connectivity index (χ4n) is 2.88. The zero-order valence-corrected chi connectivity index (χ0v) is 17.2. The summed E-state index contributed by atoms with van der Waals surface area (Å²) in [6.07, 6.45) is 1.08. The predicted octanol–water partition coefficient (Wildman–Crippen LogP) is 2.98. The van der Waals surface area contributed by atoms with Crippen LogP contribution < -0.4 is 5.32 Å². The number of anilines is 1. The predicted molar refractivity (Wildman–Crippen MR) is 107 cm³/mol. The lowest BCUT2D eigenvalue weighted by Crippen LogP contribution is -2.42. The SMILES string of the molecule is O=C(COC(=O)C1CCCN(S(=O)(=O)c2cccs2)C1)Nc1ccc(Cl)cc1. The molecule has 1 aliphatic rings. The molecule has 3 rings (SSSR count). The molecule has 2 heterocycles. The van der Waals surface area contributed by atoms with Crippen molar-refractivity contribution >= 4 is 50.5 Å². The highest BCUT2D eigenvalue weighted by Gasteiger charge is 2.34. The van der Waals surface area contributed by atoms with E-state index >= 15 is 0 Å². The normalized spacial score (nSPS) is 17.8. The van der Waals surface area contributed by atoms with Crippen molar-refractivity contribution < 1.29 is 22.7 Å². The summed E-state index contributed by atoms with van der Waals surface area (Å²) in [7, 11) is -3.61. The quantitative estimate of drug-likeness (QED) is 0.694. The summed E-state index contributed by atoms with van der Waals surface area (Å²) in [5.41, 5.74) is 0.538. The number of hydrogen-bond acceptors (Lipinski definition) is 6. The molecule has 1 aromatic heterocycles. The number of nitrogens with one attached hydrogen (secondary N) is 1. The van der Waals surface area contributed by atoms with Gasteiger partial charge < -0.3 is 10.1 Å². The highest BCUT2D eigenvalue weighted by atomic mass is 35.5. The van der Waals surface area contributed by atoms with Gasteiger partial charge in [0, 0.05) is 23.8 Å². The average Bonchev–Trinajstić information content (AvgIpc) is 3.24. The number of nitrogens with zero attached hydrogens (tertiary/aromatic N) is 1. The van der Waals surface area contributed by atoms with E-state index in [0.29, 0.717) is 30.1 Å². The Morgan fingerprint density at radius 1 is 1.25 bits per heavy atom. The lowest BCUT2D eigenvalue weighted by molar-refractivity contribution is -0.152. The second-order valence-corrected chi connectivity index (χ2v) is 9.85. The van der Waals surface area contributed by atoms with E-state index in [-0.39, 0.29) is 10.8 Å². The molecule has 1 aromatic carbocycles. The van der Waals surface area contributed by atoms with Crippen LogP contribution in [0.15, 0.2) is 46.0 Å². The first-order valence-corrected chi connectivity index (χ1v) is 11.3. The summed E-state index contributed by atoms with van der Waals surface area (Å²) in [4.78, 5) is 24.3. The Kier molecular flexibility index (Phi) is 6.71. The number of benzene rings is 1. The average molecular weight is 443 g/mol. The van der Waals surface area contributed by atoms with Crippen LogP contribution in [-0.4, -0.2) is 44.3 Å². The minimum absolute atomic E-state index is 0.0534. The molecule has 1 unspecified atom stereocenters. The van der Waals surface area contributed by atoms with E-state index in [4.69, 9.17) is 16.3 Å². The molecular formula is C18H19ClN2O5S2. The van der Waals surface area contributed by atoms with Crippen molar-refractivity contribution in [3.8, 4) is 0 Å². The fourth-order valence-corrected chi connectivity index (χ4v) is 5.67. The van der Waals surface area contributed by atoms with Crippen molar-refractivity contribution in [1.82, 2.24) is 4.31 Å². The number of thiophene rings is 1. The Hall–Kier alpha value is -1.94. The van der Waals surface area contributed by atoms with Gasteiger partial charge in [0.15, 0.2) is 6.61 Å². The zero-order valence-electron chi connectivity index (χ0n) is 14.8. The molecule has 1 atom stereocenters. The van der Waals surface area contributed by atoms with Gasteiger partial charge in [-0.15, -0.1) is 11.3 Å². The minimum Gasteiger partial charge on any atom is -0.455 e. The van der Waals surface area contributed by atoms with Gasteiger partial charge in [-0.05, 0) is 48.6 Å². The summed E-state index contributed by atoms with van der Waals surface area (Å²) in [6.45, 7) is -0.0193. The molecule has 10 heteroatoms. The van der Waals surface area contributed by atoms with Crippen LogP contribution >= 0.6 is 22.9 Å². The van der Waals surface area contributed by atoms with Crippen molar-refractivity contribution in [2.24, 2.45) is 5.92 Å². The Morgan fingerprint density at radius 2 is 2.00 bits per heavy atom. The molecule has 28 heavy (non-hydrogen) atoms. The third kappa shape index (κ3) is 5.11. The molecule has 1 amide bonds. The van der Waals surface area contributed by atoms with Crippen molar-refractivity contribution in [3.05, 3.63) is 46.8 Å². The molecule has 0 spiro atoms. The molecule has 1 aliphatic heterocycles. The Balaban J connectivity index is 1.52. The molecule has 1 saturated heterocycles. The van der Waals surface area contributed by atoms with E-state index in [9.17, 15) is 18.0 Å². The van der Waals surface area contributed by atoms with Crippen LogP contribution in [0.4, 0.5) is 5.69 Å². The zero-order chi connectivity index (χ0) is 20.1. The van der Waals surface area contributed by atoms with Crippen molar-refractivity contribution in [2.75, 3.05) is 25.0 Å². The van der Waals surface area contributed by atoms with Gasteiger partial charge >= 0.3 is 5.97 Å². The molecule has 150 valence electrons. The van der Waals surface area contributed by atoms with E-state index in [0.717, 1.165) is 11.3 Å². The van der Waals surface area contributed by atoms with Crippen molar-refractivity contribution in [3.63, 3.8) is 0 Å². The maximum Gasteiger partial charge on any atom is 0.310 e. The number of hydrogen-bond donors (Lipinski definition) is 1. The standard InChI is InChI=1S/C18H19ClN2O5S2/c19-14-5-7-15(8-6-14)20-16(22)12-26-18(23)13-3-1-9-21(11-13)28(24,25)17-4-2-10-27-17/h2,4-8,10,13H,1,3,9,11-12H2,(H,20,22). The van der Waals surface area contributed by atoms with Gasteiger partial charge in [-0.1, -0.05) is 17.7 Å². The highest BCUT2D eigenvalue weighted by Crippen LogP contribution is 2.26. The summed E-state index contributed by atoms with van der Waals surface area (Å²) in [6, 6.07) is 9.75. The number of halogens is 1. The number of ether oxygens (including phenoxy) is 1. The number of carbonyl (C=O) groups is 2. The van der Waals surface area contributed by atoms with E-state index in [1.165, 1.54) is 4.31 Å². The summed E-state index contributed by atoms with van der Waals surface area (Å²) in [5, 5.41) is 4.84. The third-order valence-electron chi connectivity index (χ3n) is 4.28. The largest absolute Gasteiger partial charge is 0.455 e. The molecule has 7 nitrogen and oxygen atoms in total. The number of rotatable bonds is 6. The molecular weight excluding hydrogens is 424 g/mol. The van der Waals surface area contributed by atoms with Crippen LogP contribution in [0.5, 0.6) is 0 Å². The van der Waals surface area contributed by atoms with Gasteiger partial charge in [0.2, 0.25) is 0 Å². The second-order valence-electron chi connectivity index (χ2n) is 6.30. The fraction of sp³-hybridized carbons (Fsp3) is 0.333. The second kappa shape index (κ2) is 9.04. The number of carbonyl (C=O) groups excluding carboxylic acids is 2. The first-order valence-electron chi connectivity index (χ1n) is 8.62. The highest BCUT2D eigenvalue weighted by molar-refractivity contribution is 7.91. The summed E-state index contributed by atoms with van der Waals surface area (Å²) in [5.74, 6) is -1.64. The Morgan fingerprint density at radius 3 is 2.68 bits per heavy atom. The van der Waals surface area contributed by atoms with Gasteiger partial charge in [0.05, 0.1) is 5.92 Å². The number of amides is 1. The molecule has 0 saturated carbocycles. The maximum absolute atomic E-state index is 12.6. The van der Waals surface area contributed by atoms with Crippen LogP contribution in [0.1, 0.15) is 12.8 Å². The van der Waals surface area contributed by atoms with E-state index in [1.54, 1.807) is 41.8 Å².